The fraction of sp³-hybridized carbons (Fsp3) is 0.700. The Balaban J connectivity index is 2.57. The summed E-state index contributed by atoms with van der Waals surface area (Å²) in [6, 6.07) is 0. The minimum Gasteiger partial charge on any atom is -0.443 e. The zero-order valence-electron chi connectivity index (χ0n) is 8.84. The van der Waals surface area contributed by atoms with Crippen molar-refractivity contribution in [1.29, 1.82) is 0 Å². The van der Waals surface area contributed by atoms with E-state index in [0.29, 0.717) is 0 Å². The Hall–Kier alpha value is -0.510. The second kappa shape index (κ2) is 4.34. The van der Waals surface area contributed by atoms with Crippen molar-refractivity contribution < 1.29 is 9.53 Å². The zero-order valence-corrected chi connectivity index (χ0v) is 10.4. The minimum atomic E-state index is -0.422. The molecule has 0 bridgehead atoms. The number of halogens is 1. The van der Waals surface area contributed by atoms with Gasteiger partial charge in [-0.3, -0.25) is 4.90 Å². The summed E-state index contributed by atoms with van der Waals surface area (Å²) in [7, 11) is 0. The van der Waals surface area contributed by atoms with Gasteiger partial charge in [0.1, 0.15) is 5.60 Å². The van der Waals surface area contributed by atoms with Gasteiger partial charge in [-0.1, -0.05) is 15.9 Å². The highest BCUT2D eigenvalue weighted by Gasteiger charge is 2.22. The first-order valence-electron chi connectivity index (χ1n) is 4.74. The molecule has 0 saturated heterocycles. The third-order valence-corrected chi connectivity index (χ3v) is 2.34. The maximum Gasteiger partial charge on any atom is 0.414 e. The van der Waals surface area contributed by atoms with E-state index in [0.717, 1.165) is 23.9 Å². The fourth-order valence-corrected chi connectivity index (χ4v) is 1.71. The Morgan fingerprint density at radius 2 is 2.21 bits per heavy atom. The summed E-state index contributed by atoms with van der Waals surface area (Å²) in [4.78, 5) is 13.2. The average Bonchev–Trinajstić information content (AvgIpc) is 2.01. The highest BCUT2D eigenvalue weighted by molar-refractivity contribution is 9.11. The van der Waals surface area contributed by atoms with Crippen LogP contribution in [-0.2, 0) is 4.74 Å². The van der Waals surface area contributed by atoms with Crippen LogP contribution in [0.25, 0.3) is 0 Å². The molecule has 4 heteroatoms. The predicted molar refractivity (Wildman–Crippen MR) is 59.2 cm³/mol. The van der Waals surface area contributed by atoms with Crippen molar-refractivity contribution in [2.24, 2.45) is 0 Å². The zero-order chi connectivity index (χ0) is 10.8. The highest BCUT2D eigenvalue weighted by Crippen LogP contribution is 2.21. The summed E-state index contributed by atoms with van der Waals surface area (Å²) in [5.74, 6) is 0. The number of hydrogen-bond acceptors (Lipinski definition) is 2. The SMILES string of the molecule is CC(C)(C)OC(=O)N1C=C(Br)CCC1. The van der Waals surface area contributed by atoms with Crippen molar-refractivity contribution >= 4 is 22.0 Å². The molecule has 1 aliphatic rings. The minimum absolute atomic E-state index is 0.269. The predicted octanol–water partition coefficient (Wildman–Crippen LogP) is 3.25. The molecule has 0 atom stereocenters. The topological polar surface area (TPSA) is 29.5 Å². The van der Waals surface area contributed by atoms with Crippen LogP contribution in [0.3, 0.4) is 0 Å². The van der Waals surface area contributed by atoms with Crippen molar-refractivity contribution in [2.75, 3.05) is 6.54 Å². The van der Waals surface area contributed by atoms with E-state index in [-0.39, 0.29) is 6.09 Å². The second-order valence-electron chi connectivity index (χ2n) is 4.35. The van der Waals surface area contributed by atoms with Gasteiger partial charge in [-0.2, -0.15) is 0 Å². The maximum atomic E-state index is 11.6. The number of carbonyl (C=O) groups is 1. The molecule has 1 heterocycles. The van der Waals surface area contributed by atoms with Gasteiger partial charge in [0.15, 0.2) is 0 Å². The Morgan fingerprint density at radius 3 is 2.71 bits per heavy atom. The van der Waals surface area contributed by atoms with Crippen LogP contribution in [-0.4, -0.2) is 23.1 Å². The molecular formula is C10H16BrNO2. The van der Waals surface area contributed by atoms with Crippen LogP contribution in [0, 0.1) is 0 Å². The second-order valence-corrected chi connectivity index (χ2v) is 5.37. The monoisotopic (exact) mass is 261 g/mol. The molecule has 1 amide bonds. The number of rotatable bonds is 0. The third-order valence-electron chi connectivity index (χ3n) is 1.74. The number of hydrogen-bond donors (Lipinski definition) is 0. The largest absolute Gasteiger partial charge is 0.443 e. The lowest BCUT2D eigenvalue weighted by molar-refractivity contribution is 0.0326. The Labute approximate surface area is 93.2 Å². The number of carbonyl (C=O) groups excluding carboxylic acids is 1. The molecule has 0 aromatic rings. The van der Waals surface area contributed by atoms with Crippen molar-refractivity contribution in [1.82, 2.24) is 4.90 Å². The van der Waals surface area contributed by atoms with E-state index in [4.69, 9.17) is 4.74 Å². The summed E-state index contributed by atoms with van der Waals surface area (Å²) < 4.78 is 6.30. The summed E-state index contributed by atoms with van der Waals surface area (Å²) in [5, 5.41) is 0. The van der Waals surface area contributed by atoms with E-state index in [1.165, 1.54) is 0 Å². The first-order valence-corrected chi connectivity index (χ1v) is 5.53. The molecule has 14 heavy (non-hydrogen) atoms. The molecule has 0 N–H and O–H groups in total. The van der Waals surface area contributed by atoms with Gasteiger partial charge in [-0.05, 0) is 33.6 Å². The molecule has 0 aliphatic carbocycles. The molecule has 0 saturated carbocycles. The number of amides is 1. The molecular weight excluding hydrogens is 246 g/mol. The Bertz CT molecular complexity index is 255. The van der Waals surface area contributed by atoms with E-state index in [1.54, 1.807) is 11.1 Å². The lowest BCUT2D eigenvalue weighted by Gasteiger charge is -2.27. The van der Waals surface area contributed by atoms with Gasteiger partial charge in [0.05, 0.1) is 0 Å². The van der Waals surface area contributed by atoms with Crippen molar-refractivity contribution in [2.45, 2.75) is 39.2 Å². The molecule has 0 aromatic carbocycles. The van der Waals surface area contributed by atoms with Gasteiger partial charge in [0.2, 0.25) is 0 Å². The van der Waals surface area contributed by atoms with Gasteiger partial charge >= 0.3 is 6.09 Å². The van der Waals surface area contributed by atoms with Crippen LogP contribution < -0.4 is 0 Å². The van der Waals surface area contributed by atoms with Gasteiger partial charge in [0, 0.05) is 17.2 Å². The van der Waals surface area contributed by atoms with Gasteiger partial charge in [-0.15, -0.1) is 0 Å². The molecule has 0 fully saturated rings. The van der Waals surface area contributed by atoms with Crippen LogP contribution >= 0.6 is 15.9 Å². The lowest BCUT2D eigenvalue weighted by atomic mass is 10.2. The van der Waals surface area contributed by atoms with Crippen LogP contribution in [0.5, 0.6) is 0 Å². The van der Waals surface area contributed by atoms with E-state index in [2.05, 4.69) is 15.9 Å². The Morgan fingerprint density at radius 1 is 1.57 bits per heavy atom. The van der Waals surface area contributed by atoms with Crippen molar-refractivity contribution in [3.63, 3.8) is 0 Å². The fourth-order valence-electron chi connectivity index (χ4n) is 1.18. The van der Waals surface area contributed by atoms with Crippen LogP contribution in [0.1, 0.15) is 33.6 Å². The van der Waals surface area contributed by atoms with E-state index < -0.39 is 5.60 Å². The molecule has 0 spiro atoms. The highest BCUT2D eigenvalue weighted by atomic mass is 79.9. The Kier molecular flexibility index (Phi) is 3.59. The standard InChI is InChI=1S/C10H16BrNO2/c1-10(2,3)14-9(13)12-6-4-5-8(11)7-12/h7H,4-6H2,1-3H3. The van der Waals surface area contributed by atoms with Gasteiger partial charge < -0.3 is 4.74 Å². The van der Waals surface area contributed by atoms with Crippen LogP contribution in [0.15, 0.2) is 10.7 Å². The van der Waals surface area contributed by atoms with Crippen molar-refractivity contribution in [3.8, 4) is 0 Å². The molecule has 1 aliphatic heterocycles. The third kappa shape index (κ3) is 3.70. The summed E-state index contributed by atoms with van der Waals surface area (Å²) in [6.07, 6.45) is 3.52. The number of allylic oxidation sites excluding steroid dienone is 1. The van der Waals surface area contributed by atoms with Crippen molar-refractivity contribution in [3.05, 3.63) is 10.7 Å². The number of ether oxygens (including phenoxy) is 1. The van der Waals surface area contributed by atoms with E-state index in [1.807, 2.05) is 20.8 Å². The maximum absolute atomic E-state index is 11.6. The summed E-state index contributed by atoms with van der Waals surface area (Å²) in [5.41, 5.74) is -0.422. The molecule has 0 unspecified atom stereocenters. The van der Waals surface area contributed by atoms with Crippen LogP contribution in [0.2, 0.25) is 0 Å². The molecule has 3 nitrogen and oxygen atoms in total. The van der Waals surface area contributed by atoms with Crippen LogP contribution in [0.4, 0.5) is 4.79 Å². The van der Waals surface area contributed by atoms with Gasteiger partial charge in [0.25, 0.3) is 0 Å². The molecule has 80 valence electrons. The molecule has 0 radical (unpaired) electrons. The lowest BCUT2D eigenvalue weighted by Crippen LogP contribution is -2.35. The van der Waals surface area contributed by atoms with E-state index >= 15 is 0 Å². The van der Waals surface area contributed by atoms with E-state index in [9.17, 15) is 4.79 Å². The van der Waals surface area contributed by atoms with Gasteiger partial charge in [-0.25, -0.2) is 4.79 Å². The molecule has 0 aromatic heterocycles. The average molecular weight is 262 g/mol. The summed E-state index contributed by atoms with van der Waals surface area (Å²) >= 11 is 3.39. The first kappa shape index (κ1) is 11.6. The smallest absolute Gasteiger partial charge is 0.414 e. The first-order chi connectivity index (χ1) is 6.38. The quantitative estimate of drug-likeness (QED) is 0.670. The number of nitrogens with zero attached hydrogens (tertiary/aromatic N) is 1. The summed E-state index contributed by atoms with van der Waals surface area (Å²) in [6.45, 7) is 6.35. The molecule has 1 rings (SSSR count). The normalized spacial score (nSPS) is 17.7.